The first-order valence-electron chi connectivity index (χ1n) is 6.54. The van der Waals surface area contributed by atoms with Crippen LogP contribution in [-0.4, -0.2) is 30.8 Å². The van der Waals surface area contributed by atoms with Crippen molar-refractivity contribution in [2.24, 2.45) is 5.41 Å². The molecule has 4 heteroatoms. The zero-order chi connectivity index (χ0) is 14.3. The lowest BCUT2D eigenvalue weighted by atomic mass is 9.93. The Morgan fingerprint density at radius 3 is 2.42 bits per heavy atom. The van der Waals surface area contributed by atoms with Crippen molar-refractivity contribution < 1.29 is 14.6 Å². The van der Waals surface area contributed by atoms with Gasteiger partial charge in [0.25, 0.3) is 0 Å². The normalized spacial score (nSPS) is 11.2. The summed E-state index contributed by atoms with van der Waals surface area (Å²) in [4.78, 5) is 11.8. The van der Waals surface area contributed by atoms with E-state index in [9.17, 15) is 4.79 Å². The van der Waals surface area contributed by atoms with Gasteiger partial charge in [-0.05, 0) is 36.1 Å². The van der Waals surface area contributed by atoms with Crippen molar-refractivity contribution in [3.63, 3.8) is 0 Å². The van der Waals surface area contributed by atoms with E-state index in [4.69, 9.17) is 9.84 Å². The first-order chi connectivity index (χ1) is 8.92. The molecule has 0 amide bonds. The van der Waals surface area contributed by atoms with Crippen LogP contribution in [0.4, 0.5) is 5.69 Å². The summed E-state index contributed by atoms with van der Waals surface area (Å²) < 4.78 is 5.23. The molecule has 1 aromatic rings. The van der Waals surface area contributed by atoms with Crippen molar-refractivity contribution in [3.05, 3.63) is 29.8 Å². The number of aliphatic hydroxyl groups excluding tert-OH is 1. The molecule has 106 valence electrons. The van der Waals surface area contributed by atoms with Gasteiger partial charge in [0, 0.05) is 12.2 Å². The summed E-state index contributed by atoms with van der Waals surface area (Å²) in [7, 11) is 0. The highest BCUT2D eigenvalue weighted by Gasteiger charge is 2.12. The summed E-state index contributed by atoms with van der Waals surface area (Å²) in [6, 6.07) is 7.05. The van der Waals surface area contributed by atoms with E-state index in [1.807, 2.05) is 0 Å². The number of nitrogens with one attached hydrogen (secondary N) is 1. The molecule has 2 N–H and O–H groups in total. The van der Waals surface area contributed by atoms with Crippen molar-refractivity contribution in [2.75, 3.05) is 25.1 Å². The predicted molar refractivity (Wildman–Crippen MR) is 76.4 cm³/mol. The monoisotopic (exact) mass is 265 g/mol. The van der Waals surface area contributed by atoms with E-state index in [-0.39, 0.29) is 18.0 Å². The number of ether oxygens (including phenoxy) is 1. The molecule has 0 aliphatic carbocycles. The fraction of sp³-hybridized carbons (Fsp3) is 0.533. The zero-order valence-electron chi connectivity index (χ0n) is 11.9. The highest BCUT2D eigenvalue weighted by atomic mass is 16.5. The van der Waals surface area contributed by atoms with Crippen LogP contribution < -0.4 is 5.32 Å². The van der Waals surface area contributed by atoms with E-state index in [1.54, 1.807) is 24.3 Å². The van der Waals surface area contributed by atoms with Gasteiger partial charge in [-0.1, -0.05) is 20.8 Å². The average molecular weight is 265 g/mol. The van der Waals surface area contributed by atoms with Gasteiger partial charge >= 0.3 is 5.97 Å². The van der Waals surface area contributed by atoms with Gasteiger partial charge in [-0.3, -0.25) is 0 Å². The number of aliphatic hydroxyl groups is 1. The smallest absolute Gasteiger partial charge is 0.338 e. The highest BCUT2D eigenvalue weighted by molar-refractivity contribution is 5.89. The van der Waals surface area contributed by atoms with E-state index < -0.39 is 0 Å². The molecule has 1 aromatic carbocycles. The Balaban J connectivity index is 2.44. The molecule has 0 spiro atoms. The molecule has 19 heavy (non-hydrogen) atoms. The third-order valence-corrected chi connectivity index (χ3v) is 2.65. The first-order valence-corrected chi connectivity index (χ1v) is 6.54. The second-order valence-electron chi connectivity index (χ2n) is 5.67. The van der Waals surface area contributed by atoms with Gasteiger partial charge in [-0.2, -0.15) is 0 Å². The van der Waals surface area contributed by atoms with Gasteiger partial charge in [0.15, 0.2) is 0 Å². The van der Waals surface area contributed by atoms with Crippen LogP contribution in [0.1, 0.15) is 37.6 Å². The fourth-order valence-corrected chi connectivity index (χ4v) is 1.46. The predicted octanol–water partition coefficient (Wildman–Crippen LogP) is 2.68. The van der Waals surface area contributed by atoms with Crippen LogP contribution in [0.2, 0.25) is 0 Å². The molecule has 0 heterocycles. The van der Waals surface area contributed by atoms with Gasteiger partial charge in [-0.15, -0.1) is 0 Å². The zero-order valence-corrected chi connectivity index (χ0v) is 11.9. The van der Waals surface area contributed by atoms with Crippen molar-refractivity contribution in [2.45, 2.75) is 27.2 Å². The van der Waals surface area contributed by atoms with E-state index in [0.29, 0.717) is 18.7 Å². The molecule has 0 atom stereocenters. The third-order valence-electron chi connectivity index (χ3n) is 2.65. The largest absolute Gasteiger partial charge is 0.462 e. The Morgan fingerprint density at radius 2 is 1.89 bits per heavy atom. The Bertz CT molecular complexity index is 393. The number of hydrogen-bond donors (Lipinski definition) is 2. The average Bonchev–Trinajstić information content (AvgIpc) is 2.35. The van der Waals surface area contributed by atoms with Crippen LogP contribution in [0.15, 0.2) is 24.3 Å². The molecule has 0 aromatic heterocycles. The van der Waals surface area contributed by atoms with Crippen molar-refractivity contribution >= 4 is 11.7 Å². The van der Waals surface area contributed by atoms with Crippen LogP contribution in [0.5, 0.6) is 0 Å². The van der Waals surface area contributed by atoms with Crippen LogP contribution in [0.25, 0.3) is 0 Å². The molecule has 0 radical (unpaired) electrons. The lowest BCUT2D eigenvalue weighted by Crippen LogP contribution is -2.13. The Labute approximate surface area is 114 Å². The Hall–Kier alpha value is -1.55. The quantitative estimate of drug-likeness (QED) is 0.776. The topological polar surface area (TPSA) is 58.6 Å². The second kappa shape index (κ2) is 7.14. The van der Waals surface area contributed by atoms with E-state index in [2.05, 4.69) is 26.1 Å². The number of benzene rings is 1. The van der Waals surface area contributed by atoms with Crippen LogP contribution in [0.3, 0.4) is 0 Å². The molecule has 0 aliphatic heterocycles. The fourth-order valence-electron chi connectivity index (χ4n) is 1.46. The summed E-state index contributed by atoms with van der Waals surface area (Å²) in [5, 5.41) is 11.7. The van der Waals surface area contributed by atoms with Crippen LogP contribution >= 0.6 is 0 Å². The molecule has 0 saturated heterocycles. The molecular formula is C15H23NO3. The molecule has 4 nitrogen and oxygen atoms in total. The maximum Gasteiger partial charge on any atom is 0.338 e. The third kappa shape index (κ3) is 6.25. The second-order valence-corrected chi connectivity index (χ2v) is 5.67. The summed E-state index contributed by atoms with van der Waals surface area (Å²) in [5.74, 6) is -0.294. The van der Waals surface area contributed by atoms with Gasteiger partial charge in [0.2, 0.25) is 0 Å². The minimum absolute atomic E-state index is 0.0800. The minimum atomic E-state index is -0.294. The molecule has 0 aliphatic rings. The lowest BCUT2D eigenvalue weighted by Gasteiger charge is -2.17. The summed E-state index contributed by atoms with van der Waals surface area (Å²) in [6.07, 6.45) is 0.842. The molecule has 0 saturated carbocycles. The molecule has 0 bridgehead atoms. The van der Waals surface area contributed by atoms with Gasteiger partial charge in [-0.25, -0.2) is 4.79 Å². The van der Waals surface area contributed by atoms with Crippen molar-refractivity contribution in [3.8, 4) is 0 Å². The van der Waals surface area contributed by atoms with Gasteiger partial charge in [0.1, 0.15) is 0 Å². The first kappa shape index (κ1) is 15.5. The van der Waals surface area contributed by atoms with E-state index >= 15 is 0 Å². The Morgan fingerprint density at radius 1 is 1.26 bits per heavy atom. The van der Waals surface area contributed by atoms with Crippen LogP contribution in [-0.2, 0) is 4.74 Å². The number of rotatable bonds is 6. The molecule has 0 fully saturated rings. The number of anilines is 1. The van der Waals surface area contributed by atoms with Gasteiger partial charge < -0.3 is 15.2 Å². The van der Waals surface area contributed by atoms with Gasteiger partial charge in [0.05, 0.1) is 18.8 Å². The summed E-state index contributed by atoms with van der Waals surface area (Å²) >= 11 is 0. The van der Waals surface area contributed by atoms with Crippen molar-refractivity contribution in [1.82, 2.24) is 0 Å². The number of hydrogen-bond acceptors (Lipinski definition) is 4. The highest BCUT2D eigenvalue weighted by Crippen LogP contribution is 2.18. The molecule has 1 rings (SSSR count). The number of esters is 1. The SMILES string of the molecule is CC(C)(C)CCOC(=O)c1ccc(NCCO)cc1. The number of carbonyl (C=O) groups is 1. The standard InChI is InChI=1S/C15H23NO3/c1-15(2,3)8-11-19-14(18)12-4-6-13(7-5-12)16-9-10-17/h4-7,16-17H,8-11H2,1-3H3. The van der Waals surface area contributed by atoms with E-state index in [0.717, 1.165) is 12.1 Å². The summed E-state index contributed by atoms with van der Waals surface area (Å²) in [6.45, 7) is 7.35. The summed E-state index contributed by atoms with van der Waals surface area (Å²) in [5.41, 5.74) is 1.59. The lowest BCUT2D eigenvalue weighted by molar-refractivity contribution is 0.0465. The van der Waals surface area contributed by atoms with E-state index in [1.165, 1.54) is 0 Å². The Kier molecular flexibility index (Phi) is 5.83. The van der Waals surface area contributed by atoms with Crippen molar-refractivity contribution in [1.29, 1.82) is 0 Å². The minimum Gasteiger partial charge on any atom is -0.462 e. The van der Waals surface area contributed by atoms with Crippen LogP contribution in [0, 0.1) is 5.41 Å². The maximum absolute atomic E-state index is 11.8. The molecular weight excluding hydrogens is 242 g/mol. The maximum atomic E-state index is 11.8. The molecule has 0 unspecified atom stereocenters. The number of carbonyl (C=O) groups excluding carboxylic acids is 1.